The van der Waals surface area contributed by atoms with E-state index in [0.717, 1.165) is 11.3 Å². The van der Waals surface area contributed by atoms with Gasteiger partial charge >= 0.3 is 10.3 Å². The van der Waals surface area contributed by atoms with Gasteiger partial charge in [0.2, 0.25) is 5.78 Å². The third-order valence-corrected chi connectivity index (χ3v) is 6.38. The predicted octanol–water partition coefficient (Wildman–Crippen LogP) is 0.00312. The summed E-state index contributed by atoms with van der Waals surface area (Å²) in [4.78, 5) is 21.4. The number of carbonyl (C=O) groups excluding carboxylic acids is 1. The van der Waals surface area contributed by atoms with Crippen molar-refractivity contribution in [2.75, 3.05) is 11.9 Å². The summed E-state index contributed by atoms with van der Waals surface area (Å²) in [5.41, 5.74) is 2.19. The Kier molecular flexibility index (Phi) is 7.23. The Bertz CT molecular complexity index is 1300. The molecule has 35 heavy (non-hydrogen) atoms. The maximum absolute atomic E-state index is 13.3. The van der Waals surface area contributed by atoms with Gasteiger partial charge in [-0.2, -0.15) is 13.5 Å². The fraction of sp³-hybridized carbons (Fsp3) is 0.364. The van der Waals surface area contributed by atoms with E-state index in [9.17, 15) is 23.4 Å². The quantitative estimate of drug-likeness (QED) is 0.291. The second kappa shape index (κ2) is 10.2. The van der Waals surface area contributed by atoms with Crippen LogP contribution in [0.3, 0.4) is 0 Å². The first kappa shape index (κ1) is 24.9. The molecule has 2 heterocycles. The van der Waals surface area contributed by atoms with Gasteiger partial charge in [0.1, 0.15) is 23.9 Å². The first-order chi connectivity index (χ1) is 16.6. The van der Waals surface area contributed by atoms with Gasteiger partial charge in [-0.3, -0.25) is 13.7 Å². The summed E-state index contributed by atoms with van der Waals surface area (Å²) >= 11 is 0. The van der Waals surface area contributed by atoms with Crippen LogP contribution in [0.5, 0.6) is 0 Å². The summed E-state index contributed by atoms with van der Waals surface area (Å²) in [7, 11) is -4.19. The van der Waals surface area contributed by atoms with E-state index in [1.54, 1.807) is 10.7 Å². The second-order valence-corrected chi connectivity index (χ2v) is 9.65. The Balaban J connectivity index is 1.51. The molecule has 1 fully saturated rings. The third-order valence-electron chi connectivity index (χ3n) is 5.92. The molecule has 0 amide bonds. The maximum Gasteiger partial charge on any atom is 0.333 e. The lowest BCUT2D eigenvalue weighted by molar-refractivity contribution is 0.00778. The number of nitrogens with one attached hydrogen (secondary N) is 1. The smallest absolute Gasteiger partial charge is 0.333 e. The van der Waals surface area contributed by atoms with Crippen LogP contribution in [0.4, 0.5) is 5.82 Å². The van der Waals surface area contributed by atoms with Gasteiger partial charge in [-0.05, 0) is 25.0 Å². The normalized spacial score (nSPS) is 22.3. The van der Waals surface area contributed by atoms with Gasteiger partial charge in [0, 0.05) is 17.8 Å². The monoisotopic (exact) mass is 502 g/mol. The molecule has 0 spiro atoms. The summed E-state index contributed by atoms with van der Waals surface area (Å²) in [6, 6.07) is 10.7. The molecule has 1 saturated carbocycles. The number of ketones is 1. The lowest BCUT2D eigenvalue weighted by Crippen LogP contribution is -2.36. The summed E-state index contributed by atoms with van der Waals surface area (Å²) in [6.07, 6.45) is 0.238. The molecule has 186 valence electrons. The topological polar surface area (TPSA) is 183 Å². The van der Waals surface area contributed by atoms with E-state index in [2.05, 4.69) is 24.6 Å². The number of nitrogens with zero attached hydrogens (tertiary/aromatic N) is 4. The minimum atomic E-state index is -4.19. The molecular weight excluding hydrogens is 476 g/mol. The van der Waals surface area contributed by atoms with Crippen LogP contribution in [0.15, 0.2) is 48.9 Å². The Morgan fingerprint density at radius 1 is 1.26 bits per heavy atom. The number of rotatable bonds is 9. The molecule has 1 aliphatic rings. The van der Waals surface area contributed by atoms with E-state index in [0.29, 0.717) is 6.54 Å². The molecule has 12 nitrogen and oxygen atoms in total. The molecule has 1 aromatic carbocycles. The highest BCUT2D eigenvalue weighted by molar-refractivity contribution is 7.84. The first-order valence-corrected chi connectivity index (χ1v) is 12.3. The summed E-state index contributed by atoms with van der Waals surface area (Å²) in [5.74, 6) is -0.951. The van der Waals surface area contributed by atoms with Crippen LogP contribution in [-0.4, -0.2) is 69.0 Å². The van der Waals surface area contributed by atoms with Crippen LogP contribution in [-0.2, 0) is 21.0 Å². The van der Waals surface area contributed by atoms with E-state index in [4.69, 9.17) is 5.14 Å². The van der Waals surface area contributed by atoms with Crippen molar-refractivity contribution in [3.8, 4) is 0 Å². The van der Waals surface area contributed by atoms with Gasteiger partial charge in [0.25, 0.3) is 0 Å². The molecule has 0 bridgehead atoms. The molecule has 0 unspecified atom stereocenters. The molecule has 0 aliphatic heterocycles. The van der Waals surface area contributed by atoms with E-state index in [-0.39, 0.29) is 30.1 Å². The lowest BCUT2D eigenvalue weighted by Gasteiger charge is -2.19. The molecule has 5 N–H and O–H groups in total. The lowest BCUT2D eigenvalue weighted by atomic mass is 10.1. The number of benzene rings is 1. The second-order valence-electron chi connectivity index (χ2n) is 8.43. The zero-order chi connectivity index (χ0) is 25.2. The minimum Gasteiger partial charge on any atom is -0.390 e. The fourth-order valence-corrected chi connectivity index (χ4v) is 4.44. The van der Waals surface area contributed by atoms with Crippen molar-refractivity contribution in [3.63, 3.8) is 0 Å². The molecule has 2 aromatic heterocycles. The van der Waals surface area contributed by atoms with Crippen LogP contribution in [0.25, 0.3) is 0 Å². The maximum atomic E-state index is 13.3. The molecule has 3 aromatic rings. The van der Waals surface area contributed by atoms with Gasteiger partial charge in [0.05, 0.1) is 30.9 Å². The standard InChI is InChI=1S/C22H26N6O6S/c1-13-7-18(27-28(13)10-14-5-3-2-4-6-14)20(30)16-9-24-12-25-22(16)26-17-8-15(19(29)21(17)31)11-34-35(23,32)33/h2-7,9,12,15,17,19,21,29,31H,8,10-11H2,1H3,(H2,23,32,33)(H,24,25,26)/t15-,17-,19-,21+/m1/s1. The number of anilines is 1. The van der Waals surface area contributed by atoms with Crippen molar-refractivity contribution >= 4 is 21.9 Å². The van der Waals surface area contributed by atoms with Gasteiger partial charge < -0.3 is 15.5 Å². The van der Waals surface area contributed by atoms with Crippen molar-refractivity contribution in [2.45, 2.75) is 38.1 Å². The summed E-state index contributed by atoms with van der Waals surface area (Å²) < 4.78 is 28.4. The number of hydrogen-bond donors (Lipinski definition) is 4. The number of aromatic nitrogens is 4. The zero-order valence-electron chi connectivity index (χ0n) is 18.9. The van der Waals surface area contributed by atoms with Crippen molar-refractivity contribution in [2.24, 2.45) is 11.1 Å². The zero-order valence-corrected chi connectivity index (χ0v) is 19.7. The number of aliphatic hydroxyl groups excluding tert-OH is 2. The van der Waals surface area contributed by atoms with Crippen molar-refractivity contribution < 1.29 is 27.6 Å². The van der Waals surface area contributed by atoms with Crippen molar-refractivity contribution in [1.29, 1.82) is 0 Å². The van der Waals surface area contributed by atoms with Crippen LogP contribution >= 0.6 is 0 Å². The fourth-order valence-electron chi connectivity index (χ4n) is 4.08. The molecule has 4 rings (SSSR count). The Labute approximate surface area is 202 Å². The predicted molar refractivity (Wildman–Crippen MR) is 125 cm³/mol. The average Bonchev–Trinajstić information content (AvgIpc) is 3.32. The van der Waals surface area contributed by atoms with Crippen LogP contribution in [0, 0.1) is 12.8 Å². The van der Waals surface area contributed by atoms with E-state index < -0.39 is 40.3 Å². The molecular formula is C22H26N6O6S. The first-order valence-electron chi connectivity index (χ1n) is 10.9. The van der Waals surface area contributed by atoms with Crippen molar-refractivity contribution in [3.05, 3.63) is 71.4 Å². The summed E-state index contributed by atoms with van der Waals surface area (Å²) in [5, 5.41) is 33.0. The molecule has 1 aliphatic carbocycles. The number of carbonyl (C=O) groups is 1. The van der Waals surface area contributed by atoms with Gasteiger partial charge in [0.15, 0.2) is 0 Å². The average molecular weight is 503 g/mol. The molecule has 0 saturated heterocycles. The van der Waals surface area contributed by atoms with E-state index >= 15 is 0 Å². The number of aryl methyl sites for hydroxylation is 1. The van der Waals surface area contributed by atoms with Gasteiger partial charge in [-0.25, -0.2) is 15.1 Å². The Hall–Kier alpha value is -3.23. The van der Waals surface area contributed by atoms with Crippen LogP contribution < -0.4 is 10.5 Å². The Morgan fingerprint density at radius 2 is 2.00 bits per heavy atom. The van der Waals surface area contributed by atoms with E-state index in [1.807, 2.05) is 37.3 Å². The Morgan fingerprint density at radius 3 is 2.71 bits per heavy atom. The van der Waals surface area contributed by atoms with E-state index in [1.165, 1.54) is 12.5 Å². The highest BCUT2D eigenvalue weighted by atomic mass is 32.2. The molecule has 0 radical (unpaired) electrons. The SMILES string of the molecule is Cc1cc(C(=O)c2cncnc2N[C@@H]2C[C@H](COS(N)(=O)=O)[C@@H](O)[C@H]2O)nn1Cc1ccccc1. The van der Waals surface area contributed by atoms with Crippen LogP contribution in [0.1, 0.15) is 33.7 Å². The largest absolute Gasteiger partial charge is 0.390 e. The highest BCUT2D eigenvalue weighted by Crippen LogP contribution is 2.30. The minimum absolute atomic E-state index is 0.141. The third kappa shape index (κ3) is 5.89. The summed E-state index contributed by atoms with van der Waals surface area (Å²) in [6.45, 7) is 1.97. The highest BCUT2D eigenvalue weighted by Gasteiger charge is 2.42. The number of nitrogens with two attached hydrogens (primary N) is 1. The molecule has 4 atom stereocenters. The number of aliphatic hydroxyl groups is 2. The van der Waals surface area contributed by atoms with Crippen molar-refractivity contribution in [1.82, 2.24) is 19.7 Å². The van der Waals surface area contributed by atoms with Crippen LogP contribution in [0.2, 0.25) is 0 Å². The number of hydrogen-bond acceptors (Lipinski definition) is 10. The van der Waals surface area contributed by atoms with Gasteiger partial charge in [-0.1, -0.05) is 30.3 Å². The molecule has 13 heteroatoms. The van der Waals surface area contributed by atoms with Gasteiger partial charge in [-0.15, -0.1) is 0 Å².